The van der Waals surface area contributed by atoms with Gasteiger partial charge < -0.3 is 10.4 Å². The van der Waals surface area contributed by atoms with Gasteiger partial charge in [-0.25, -0.2) is 8.42 Å². The van der Waals surface area contributed by atoms with Gasteiger partial charge in [-0.3, -0.25) is 9.59 Å². The summed E-state index contributed by atoms with van der Waals surface area (Å²) in [5, 5.41) is 13.4. The van der Waals surface area contributed by atoms with Crippen molar-refractivity contribution in [1.29, 1.82) is 0 Å². The molecule has 1 heterocycles. The number of carbonyl (C=O) groups excluding carboxylic acids is 1. The number of sulfone groups is 1. The van der Waals surface area contributed by atoms with Gasteiger partial charge in [-0.1, -0.05) is 30.3 Å². The quantitative estimate of drug-likeness (QED) is 0.816. The molecule has 6 nitrogen and oxygen atoms in total. The predicted molar refractivity (Wildman–Crippen MR) is 90.9 cm³/mol. The Kier molecular flexibility index (Phi) is 5.40. The maximum absolute atomic E-state index is 12.4. The van der Waals surface area contributed by atoms with Crippen molar-refractivity contribution in [2.45, 2.75) is 17.9 Å². The summed E-state index contributed by atoms with van der Waals surface area (Å²) < 4.78 is 23.0. The summed E-state index contributed by atoms with van der Waals surface area (Å²) in [5.41, 5.74) is 0.667. The van der Waals surface area contributed by atoms with Crippen LogP contribution in [-0.4, -0.2) is 31.7 Å². The second-order valence-electron chi connectivity index (χ2n) is 5.41. The molecule has 1 aromatic carbocycles. The summed E-state index contributed by atoms with van der Waals surface area (Å²) in [6.45, 7) is 1.51. The Morgan fingerprint density at radius 1 is 1.21 bits per heavy atom. The maximum atomic E-state index is 12.4. The van der Waals surface area contributed by atoms with E-state index in [2.05, 4.69) is 5.32 Å². The summed E-state index contributed by atoms with van der Waals surface area (Å²) in [7, 11) is -3.39. The van der Waals surface area contributed by atoms with Crippen LogP contribution in [-0.2, 0) is 14.6 Å². The Morgan fingerprint density at radius 3 is 2.33 bits per heavy atom. The largest absolute Gasteiger partial charge is 0.481 e. The van der Waals surface area contributed by atoms with Crippen LogP contribution in [0.2, 0.25) is 0 Å². The van der Waals surface area contributed by atoms with E-state index in [-0.39, 0.29) is 9.77 Å². The lowest BCUT2D eigenvalue weighted by molar-refractivity contribution is -0.142. The number of benzene rings is 1. The molecular weight excluding hydrogens is 350 g/mol. The molecule has 2 atom stereocenters. The number of hydrogen-bond donors (Lipinski definition) is 2. The molecule has 0 spiro atoms. The molecule has 0 aliphatic heterocycles. The SMILES string of the molecule is CC(C(=O)O)C(NC(=O)c1cc(S(C)(=O)=O)cs1)c1ccccc1. The number of carbonyl (C=O) groups is 2. The van der Waals surface area contributed by atoms with E-state index in [0.717, 1.165) is 17.6 Å². The summed E-state index contributed by atoms with van der Waals surface area (Å²) in [6, 6.07) is 9.36. The molecule has 0 fully saturated rings. The van der Waals surface area contributed by atoms with E-state index in [0.29, 0.717) is 5.56 Å². The van der Waals surface area contributed by atoms with Gasteiger partial charge in [0.2, 0.25) is 0 Å². The zero-order valence-corrected chi connectivity index (χ0v) is 14.7. The first-order valence-corrected chi connectivity index (χ1v) is 9.84. The minimum atomic E-state index is -3.39. The van der Waals surface area contributed by atoms with E-state index in [1.54, 1.807) is 30.3 Å². The molecule has 8 heteroatoms. The van der Waals surface area contributed by atoms with Gasteiger partial charge in [-0.05, 0) is 18.6 Å². The first kappa shape index (κ1) is 18.2. The molecule has 2 unspecified atom stereocenters. The molecule has 0 aliphatic carbocycles. The lowest BCUT2D eigenvalue weighted by Gasteiger charge is -2.22. The predicted octanol–water partition coefficient (Wildman–Crippen LogP) is 2.34. The van der Waals surface area contributed by atoms with Crippen LogP contribution in [0.3, 0.4) is 0 Å². The summed E-state index contributed by atoms with van der Waals surface area (Å²) in [4.78, 5) is 24.0. The highest BCUT2D eigenvalue weighted by Crippen LogP contribution is 2.25. The van der Waals surface area contributed by atoms with Crippen LogP contribution in [0, 0.1) is 5.92 Å². The molecule has 2 N–H and O–H groups in total. The number of aliphatic carboxylic acids is 1. The van der Waals surface area contributed by atoms with Gasteiger partial charge in [-0.2, -0.15) is 0 Å². The van der Waals surface area contributed by atoms with Crippen LogP contribution in [0.1, 0.15) is 28.2 Å². The van der Waals surface area contributed by atoms with Gasteiger partial charge in [0.05, 0.1) is 21.7 Å². The summed E-state index contributed by atoms with van der Waals surface area (Å²) in [6.07, 6.45) is 1.07. The Labute approximate surface area is 144 Å². The van der Waals surface area contributed by atoms with Crippen LogP contribution in [0.15, 0.2) is 46.7 Å². The van der Waals surface area contributed by atoms with Crippen LogP contribution in [0.25, 0.3) is 0 Å². The van der Waals surface area contributed by atoms with Crippen molar-refractivity contribution in [3.63, 3.8) is 0 Å². The zero-order valence-electron chi connectivity index (χ0n) is 13.1. The third kappa shape index (κ3) is 4.21. The van der Waals surface area contributed by atoms with Crippen LogP contribution in [0.4, 0.5) is 0 Å². The number of carboxylic acids is 1. The summed E-state index contributed by atoms with van der Waals surface area (Å²) in [5.74, 6) is -2.38. The average Bonchev–Trinajstić information content (AvgIpc) is 3.02. The van der Waals surface area contributed by atoms with Crippen molar-refractivity contribution < 1.29 is 23.1 Å². The molecule has 0 saturated carbocycles. The van der Waals surface area contributed by atoms with Crippen molar-refractivity contribution in [3.05, 3.63) is 52.2 Å². The van der Waals surface area contributed by atoms with Gasteiger partial charge >= 0.3 is 5.97 Å². The number of hydrogen-bond acceptors (Lipinski definition) is 5. The molecular formula is C16H17NO5S2. The monoisotopic (exact) mass is 367 g/mol. The van der Waals surface area contributed by atoms with Gasteiger partial charge in [0.25, 0.3) is 5.91 Å². The zero-order chi connectivity index (χ0) is 17.9. The van der Waals surface area contributed by atoms with Gasteiger partial charge in [0.15, 0.2) is 9.84 Å². The van der Waals surface area contributed by atoms with Crippen molar-refractivity contribution in [3.8, 4) is 0 Å². The van der Waals surface area contributed by atoms with Crippen molar-refractivity contribution in [2.24, 2.45) is 5.92 Å². The second kappa shape index (κ2) is 7.14. The normalized spacial score (nSPS) is 13.9. The van der Waals surface area contributed by atoms with E-state index in [9.17, 15) is 23.1 Å². The Bertz CT molecular complexity index is 842. The highest BCUT2D eigenvalue weighted by molar-refractivity contribution is 7.90. The lowest BCUT2D eigenvalue weighted by Crippen LogP contribution is -2.35. The molecule has 24 heavy (non-hydrogen) atoms. The number of carboxylic acid groups (broad SMARTS) is 1. The van der Waals surface area contributed by atoms with E-state index in [1.165, 1.54) is 18.4 Å². The van der Waals surface area contributed by atoms with Crippen molar-refractivity contribution in [1.82, 2.24) is 5.32 Å². The number of thiophene rings is 1. The summed E-state index contributed by atoms with van der Waals surface area (Å²) >= 11 is 1.00. The minimum absolute atomic E-state index is 0.0696. The highest BCUT2D eigenvalue weighted by atomic mass is 32.2. The Hall–Kier alpha value is -2.19. The Morgan fingerprint density at radius 2 is 1.83 bits per heavy atom. The fraction of sp³-hybridized carbons (Fsp3) is 0.250. The molecule has 2 rings (SSSR count). The van der Waals surface area contributed by atoms with E-state index >= 15 is 0 Å². The topological polar surface area (TPSA) is 101 Å². The van der Waals surface area contributed by atoms with E-state index in [1.807, 2.05) is 0 Å². The van der Waals surface area contributed by atoms with Crippen LogP contribution in [0.5, 0.6) is 0 Å². The average molecular weight is 367 g/mol. The molecule has 0 saturated heterocycles. The Balaban J connectivity index is 2.28. The van der Waals surface area contributed by atoms with Gasteiger partial charge in [-0.15, -0.1) is 11.3 Å². The van der Waals surface area contributed by atoms with Crippen LogP contribution >= 0.6 is 11.3 Å². The van der Waals surface area contributed by atoms with Gasteiger partial charge in [0, 0.05) is 11.6 Å². The lowest BCUT2D eigenvalue weighted by atomic mass is 9.94. The first-order chi connectivity index (χ1) is 11.2. The molecule has 1 amide bonds. The van der Waals surface area contributed by atoms with Crippen molar-refractivity contribution >= 4 is 33.1 Å². The third-order valence-electron chi connectivity index (χ3n) is 3.56. The number of nitrogens with one attached hydrogen (secondary N) is 1. The highest BCUT2D eigenvalue weighted by Gasteiger charge is 2.27. The minimum Gasteiger partial charge on any atom is -0.481 e. The molecule has 128 valence electrons. The molecule has 0 radical (unpaired) electrons. The fourth-order valence-corrected chi connectivity index (χ4v) is 4.07. The third-order valence-corrected chi connectivity index (χ3v) is 5.73. The molecule has 2 aromatic rings. The van der Waals surface area contributed by atoms with E-state index in [4.69, 9.17) is 0 Å². The van der Waals surface area contributed by atoms with Gasteiger partial charge in [0.1, 0.15) is 0 Å². The first-order valence-electron chi connectivity index (χ1n) is 7.07. The number of amides is 1. The second-order valence-corrected chi connectivity index (χ2v) is 8.33. The molecule has 0 bridgehead atoms. The molecule has 1 aromatic heterocycles. The van der Waals surface area contributed by atoms with Crippen LogP contribution < -0.4 is 5.32 Å². The van der Waals surface area contributed by atoms with E-state index < -0.39 is 33.7 Å². The fourth-order valence-electron chi connectivity index (χ4n) is 2.14. The maximum Gasteiger partial charge on any atom is 0.308 e. The van der Waals surface area contributed by atoms with Crippen molar-refractivity contribution in [2.75, 3.05) is 6.26 Å². The molecule has 0 aliphatic rings. The number of rotatable bonds is 6. The smallest absolute Gasteiger partial charge is 0.308 e. The standard InChI is InChI=1S/C16H17NO5S2/c1-10(16(19)20)14(11-6-4-3-5-7-11)17-15(18)13-8-12(9-23-13)24(2,21)22/h3-10,14H,1-2H3,(H,17,18)(H,19,20).